The molecule has 0 saturated carbocycles. The Bertz CT molecular complexity index is 227. The third-order valence-electron chi connectivity index (χ3n) is 1.03. The van der Waals surface area contributed by atoms with E-state index in [4.69, 9.17) is 5.73 Å². The molecule has 0 spiro atoms. The van der Waals surface area contributed by atoms with Crippen LogP contribution in [-0.2, 0) is 4.74 Å². The van der Waals surface area contributed by atoms with E-state index in [1.54, 1.807) is 24.5 Å². The predicted octanol–water partition coefficient (Wildman–Crippen LogP) is 1.19. The van der Waals surface area contributed by atoms with Gasteiger partial charge in [-0.1, -0.05) is 6.58 Å². The summed E-state index contributed by atoms with van der Waals surface area (Å²) in [6.07, 6.45) is 3.30. The van der Waals surface area contributed by atoms with Crippen molar-refractivity contribution >= 4 is 5.69 Å². The van der Waals surface area contributed by atoms with Gasteiger partial charge in [0.2, 0.25) is 0 Å². The minimum Gasteiger partial charge on any atom is -0.487 e. The molecular formula is C8H10N2O. The number of nitrogen functional groups attached to an aromatic ring is 1. The molecule has 0 radical (unpaired) electrons. The Hall–Kier alpha value is -1.51. The van der Waals surface area contributed by atoms with Crippen LogP contribution in [0.5, 0.6) is 0 Å². The van der Waals surface area contributed by atoms with Crippen LogP contribution in [0.1, 0.15) is 0 Å². The van der Waals surface area contributed by atoms with Crippen LogP contribution in [0.15, 0.2) is 36.9 Å². The monoisotopic (exact) mass is 150 g/mol. The molecular weight excluding hydrogens is 140 g/mol. The van der Waals surface area contributed by atoms with Crippen LogP contribution in [0, 0.1) is 0 Å². The summed E-state index contributed by atoms with van der Waals surface area (Å²) in [7, 11) is 0. The Balaban J connectivity index is 0.000000128. The lowest BCUT2D eigenvalue weighted by Gasteiger charge is -1.83. The highest BCUT2D eigenvalue weighted by atomic mass is 16.6. The summed E-state index contributed by atoms with van der Waals surface area (Å²) in [6.45, 7) is 4.24. The number of pyridine rings is 1. The summed E-state index contributed by atoms with van der Waals surface area (Å²) in [5.74, 6) is 0.917. The van der Waals surface area contributed by atoms with Gasteiger partial charge in [0.05, 0.1) is 5.69 Å². The maximum absolute atomic E-state index is 5.30. The molecule has 2 rings (SSSR count). The normalized spacial score (nSPS) is 12.5. The van der Waals surface area contributed by atoms with E-state index in [1.165, 1.54) is 0 Å². The van der Waals surface area contributed by atoms with Crippen LogP contribution in [0.3, 0.4) is 0 Å². The molecule has 0 bridgehead atoms. The summed E-state index contributed by atoms with van der Waals surface area (Å²) < 4.78 is 4.51. The van der Waals surface area contributed by atoms with Crippen molar-refractivity contribution in [2.45, 2.75) is 0 Å². The zero-order valence-corrected chi connectivity index (χ0v) is 6.16. The van der Waals surface area contributed by atoms with Gasteiger partial charge in [0.1, 0.15) is 12.4 Å². The minimum absolute atomic E-state index is 0.711. The molecule has 2 heterocycles. The van der Waals surface area contributed by atoms with E-state index in [-0.39, 0.29) is 0 Å². The van der Waals surface area contributed by atoms with Gasteiger partial charge in [0.15, 0.2) is 0 Å². The van der Waals surface area contributed by atoms with Crippen molar-refractivity contribution in [3.8, 4) is 0 Å². The van der Waals surface area contributed by atoms with Crippen LogP contribution < -0.4 is 5.73 Å². The van der Waals surface area contributed by atoms with Gasteiger partial charge >= 0.3 is 0 Å². The molecule has 1 saturated heterocycles. The fourth-order valence-electron chi connectivity index (χ4n) is 0.427. The standard InChI is InChI=1S/C5H6N2.C3H4O/c6-5-2-1-3-7-4-5;1-3-2-4-3/h1-4H,6H2;1-2H2. The maximum atomic E-state index is 5.30. The number of rotatable bonds is 0. The molecule has 58 valence electrons. The molecule has 0 aromatic carbocycles. The fraction of sp³-hybridized carbons (Fsp3) is 0.125. The molecule has 0 unspecified atom stereocenters. The minimum atomic E-state index is 0.711. The Morgan fingerprint density at radius 2 is 2.27 bits per heavy atom. The largest absolute Gasteiger partial charge is 0.487 e. The molecule has 0 amide bonds. The van der Waals surface area contributed by atoms with Crippen molar-refractivity contribution < 1.29 is 4.74 Å². The Morgan fingerprint density at radius 1 is 1.64 bits per heavy atom. The quantitative estimate of drug-likeness (QED) is 0.565. The first kappa shape index (κ1) is 7.60. The molecule has 1 fully saturated rings. The average molecular weight is 150 g/mol. The topological polar surface area (TPSA) is 51.4 Å². The number of nitrogens with two attached hydrogens (primary N) is 1. The number of hydrogen-bond donors (Lipinski definition) is 1. The lowest BCUT2D eigenvalue weighted by Crippen LogP contribution is -1.82. The molecule has 11 heavy (non-hydrogen) atoms. The number of anilines is 1. The van der Waals surface area contributed by atoms with Crippen LogP contribution in [0.25, 0.3) is 0 Å². The van der Waals surface area contributed by atoms with E-state index in [0.717, 1.165) is 12.4 Å². The van der Waals surface area contributed by atoms with Crippen LogP contribution in [0.4, 0.5) is 5.69 Å². The Labute approximate surface area is 65.5 Å². The number of aromatic nitrogens is 1. The highest BCUT2D eigenvalue weighted by Gasteiger charge is 2.05. The number of ether oxygens (including phenoxy) is 1. The van der Waals surface area contributed by atoms with Gasteiger partial charge in [-0.25, -0.2) is 0 Å². The molecule has 3 nitrogen and oxygen atoms in total. The van der Waals surface area contributed by atoms with E-state index in [2.05, 4.69) is 16.3 Å². The van der Waals surface area contributed by atoms with Crippen molar-refractivity contribution in [1.29, 1.82) is 0 Å². The number of epoxide rings is 1. The second-order valence-electron chi connectivity index (χ2n) is 2.11. The first-order chi connectivity index (χ1) is 5.29. The molecule has 1 aliphatic heterocycles. The van der Waals surface area contributed by atoms with Gasteiger partial charge in [-0.05, 0) is 12.1 Å². The van der Waals surface area contributed by atoms with E-state index in [0.29, 0.717) is 5.69 Å². The smallest absolute Gasteiger partial charge is 0.144 e. The molecule has 1 aliphatic rings. The van der Waals surface area contributed by atoms with Crippen molar-refractivity contribution in [3.63, 3.8) is 0 Å². The zero-order valence-electron chi connectivity index (χ0n) is 6.16. The summed E-state index contributed by atoms with van der Waals surface area (Å²) in [5.41, 5.74) is 6.01. The predicted molar refractivity (Wildman–Crippen MR) is 43.7 cm³/mol. The Morgan fingerprint density at radius 3 is 2.45 bits per heavy atom. The first-order valence-electron chi connectivity index (χ1n) is 3.25. The second-order valence-corrected chi connectivity index (χ2v) is 2.11. The van der Waals surface area contributed by atoms with Gasteiger partial charge in [-0.3, -0.25) is 4.98 Å². The highest BCUT2D eigenvalue weighted by Crippen LogP contribution is 2.07. The van der Waals surface area contributed by atoms with E-state index < -0.39 is 0 Å². The Kier molecular flexibility index (Phi) is 2.49. The van der Waals surface area contributed by atoms with Crippen molar-refractivity contribution in [2.24, 2.45) is 0 Å². The van der Waals surface area contributed by atoms with Gasteiger partial charge in [0.25, 0.3) is 0 Å². The fourth-order valence-corrected chi connectivity index (χ4v) is 0.427. The summed E-state index contributed by atoms with van der Waals surface area (Å²) in [5, 5.41) is 0. The van der Waals surface area contributed by atoms with E-state index >= 15 is 0 Å². The second kappa shape index (κ2) is 3.61. The van der Waals surface area contributed by atoms with Crippen LogP contribution in [0.2, 0.25) is 0 Å². The molecule has 1 aromatic heterocycles. The van der Waals surface area contributed by atoms with Gasteiger partial charge in [-0.2, -0.15) is 0 Å². The summed E-state index contributed by atoms with van der Waals surface area (Å²) >= 11 is 0. The number of nitrogens with zero attached hydrogens (tertiary/aromatic N) is 1. The van der Waals surface area contributed by atoms with E-state index in [9.17, 15) is 0 Å². The molecule has 0 aliphatic carbocycles. The number of hydrogen-bond acceptors (Lipinski definition) is 3. The maximum Gasteiger partial charge on any atom is 0.144 e. The van der Waals surface area contributed by atoms with Crippen molar-refractivity contribution in [1.82, 2.24) is 4.98 Å². The highest BCUT2D eigenvalue weighted by molar-refractivity contribution is 5.32. The van der Waals surface area contributed by atoms with Gasteiger partial charge < -0.3 is 10.5 Å². The van der Waals surface area contributed by atoms with Crippen LogP contribution >= 0.6 is 0 Å². The summed E-state index contributed by atoms with van der Waals surface area (Å²) in [6, 6.07) is 3.60. The SMILES string of the molecule is C=C1CO1.Nc1cccnc1. The average Bonchev–Trinajstić information content (AvgIpc) is 2.75. The third-order valence-corrected chi connectivity index (χ3v) is 1.03. The van der Waals surface area contributed by atoms with Gasteiger partial charge in [-0.15, -0.1) is 0 Å². The molecule has 2 N–H and O–H groups in total. The first-order valence-corrected chi connectivity index (χ1v) is 3.25. The van der Waals surface area contributed by atoms with Crippen LogP contribution in [-0.4, -0.2) is 11.6 Å². The van der Waals surface area contributed by atoms with Crippen molar-refractivity contribution in [3.05, 3.63) is 36.9 Å². The molecule has 3 heteroatoms. The van der Waals surface area contributed by atoms with Gasteiger partial charge in [0, 0.05) is 12.4 Å². The van der Waals surface area contributed by atoms with Crippen molar-refractivity contribution in [2.75, 3.05) is 12.3 Å². The van der Waals surface area contributed by atoms with E-state index in [1.807, 2.05) is 0 Å². The molecule has 1 aromatic rings. The lowest BCUT2D eigenvalue weighted by molar-refractivity contribution is 0.511. The summed E-state index contributed by atoms with van der Waals surface area (Å²) in [4.78, 5) is 3.76. The lowest BCUT2D eigenvalue weighted by atomic mass is 10.4. The molecule has 0 atom stereocenters. The third kappa shape index (κ3) is 3.97. The zero-order chi connectivity index (χ0) is 8.10.